The number of carbonyl (C=O) groups excluding carboxylic acids is 7. The summed E-state index contributed by atoms with van der Waals surface area (Å²) in [6.07, 6.45) is 1.28. The average molecular weight is 532 g/mol. The zero-order valence-electron chi connectivity index (χ0n) is 22.4. The highest BCUT2D eigenvalue weighted by atomic mass is 32.2. The van der Waals surface area contributed by atoms with Crippen molar-refractivity contribution >= 4 is 58.8 Å². The van der Waals surface area contributed by atoms with Crippen LogP contribution in [0.2, 0.25) is 0 Å². The van der Waals surface area contributed by atoms with Gasteiger partial charge in [-0.2, -0.15) is 9.59 Å². The molecule has 1 fully saturated rings. The van der Waals surface area contributed by atoms with Gasteiger partial charge < -0.3 is 0 Å². The van der Waals surface area contributed by atoms with E-state index in [0.29, 0.717) is 23.3 Å². The molecule has 1 aliphatic rings. The lowest BCUT2D eigenvalue weighted by Gasteiger charge is -2.15. The smallest absolute Gasteiger partial charge is 0.299 e. The molecule has 1 aliphatic heterocycles. The molecule has 200 valence electrons. The Kier molecular flexibility index (Phi) is 18.7. The number of amides is 2. The lowest BCUT2D eigenvalue weighted by Crippen LogP contribution is -2.37. The fraction of sp³-hybridized carbons (Fsp3) is 0.760. The van der Waals surface area contributed by atoms with E-state index in [2.05, 4.69) is 13.8 Å². The Labute approximate surface area is 218 Å². The second-order valence-electron chi connectivity index (χ2n) is 9.31. The van der Waals surface area contributed by atoms with E-state index >= 15 is 0 Å². The summed E-state index contributed by atoms with van der Waals surface area (Å²) in [5.41, 5.74) is 0. The molecule has 0 aromatic heterocycles. The largest absolute Gasteiger partial charge is 0.373 e. The number of thioether (sulfide) groups is 2. The molecule has 0 radical (unpaired) electrons. The zero-order chi connectivity index (χ0) is 27.9. The van der Waals surface area contributed by atoms with Crippen molar-refractivity contribution in [3.05, 3.63) is 0 Å². The van der Waals surface area contributed by atoms with Gasteiger partial charge in [-0.25, -0.2) is 0 Å². The molecule has 2 amide bonds. The van der Waals surface area contributed by atoms with E-state index in [1.807, 2.05) is 34.6 Å². The summed E-state index contributed by atoms with van der Waals surface area (Å²) >= 11 is 3.15. The number of rotatable bonds is 12. The fourth-order valence-electron chi connectivity index (χ4n) is 2.81. The number of imide groups is 1. The summed E-state index contributed by atoms with van der Waals surface area (Å²) in [4.78, 5) is 75.5. The van der Waals surface area contributed by atoms with Gasteiger partial charge in [0.25, 0.3) is 0 Å². The summed E-state index contributed by atoms with van der Waals surface area (Å²) in [6, 6.07) is 0. The monoisotopic (exact) mass is 531 g/mol. The van der Waals surface area contributed by atoms with Crippen molar-refractivity contribution in [3.8, 4) is 0 Å². The third-order valence-electron chi connectivity index (χ3n) is 4.79. The Hall–Kier alpha value is -1.77. The number of Topliss-reactive ketones (excluding diaryl/α,β-unsaturated/α-hetero) is 3. The normalized spacial score (nSPS) is 16.0. The molecular formula is C25H41NO7S2. The molecule has 0 aromatic rings. The molecule has 8 nitrogen and oxygen atoms in total. The molecule has 0 spiro atoms. The highest BCUT2D eigenvalue weighted by Crippen LogP contribution is 2.28. The van der Waals surface area contributed by atoms with Gasteiger partial charge in [0.05, 0.1) is 17.0 Å². The van der Waals surface area contributed by atoms with Gasteiger partial charge in [-0.05, 0) is 17.4 Å². The average Bonchev–Trinajstić information content (AvgIpc) is 2.98. The van der Waals surface area contributed by atoms with Crippen LogP contribution < -0.4 is 0 Å². The standard InChI is InChI=1S/C12H19NO3S.C12H22O2S.CO2/c1-7(2)9(14)6-13-11(15)5-10(12(13)16)17-8(3)4;1-8(2)11(13)6-7-12(14)10(5)15-9(3)4;2-1-3/h7-8,10H,5-6H2,1-4H3;8-10H,6-7H2,1-5H3;. The summed E-state index contributed by atoms with van der Waals surface area (Å²) in [5, 5.41) is 0.481. The van der Waals surface area contributed by atoms with E-state index in [1.54, 1.807) is 25.6 Å². The molecule has 0 aromatic carbocycles. The first-order chi connectivity index (χ1) is 16.1. The molecule has 1 saturated heterocycles. The van der Waals surface area contributed by atoms with Crippen LogP contribution in [0.5, 0.6) is 0 Å². The van der Waals surface area contributed by atoms with Crippen molar-refractivity contribution in [1.29, 1.82) is 0 Å². The van der Waals surface area contributed by atoms with E-state index < -0.39 is 0 Å². The highest BCUT2D eigenvalue weighted by molar-refractivity contribution is 8.01. The van der Waals surface area contributed by atoms with Crippen LogP contribution in [0, 0.1) is 11.8 Å². The van der Waals surface area contributed by atoms with Crippen molar-refractivity contribution in [2.24, 2.45) is 11.8 Å². The molecule has 2 atom stereocenters. The summed E-state index contributed by atoms with van der Waals surface area (Å²) < 4.78 is 0. The predicted octanol–water partition coefficient (Wildman–Crippen LogP) is 3.99. The maximum atomic E-state index is 11.9. The van der Waals surface area contributed by atoms with Crippen molar-refractivity contribution in [3.63, 3.8) is 0 Å². The summed E-state index contributed by atoms with van der Waals surface area (Å²) in [5.74, 6) is -0.210. The van der Waals surface area contributed by atoms with E-state index in [1.165, 1.54) is 11.8 Å². The number of likely N-dealkylation sites (tertiary alicyclic amines) is 1. The lowest BCUT2D eigenvalue weighted by atomic mass is 10.0. The second-order valence-corrected chi connectivity index (χ2v) is 13.0. The minimum atomic E-state index is -0.303. The van der Waals surface area contributed by atoms with Crippen molar-refractivity contribution in [2.45, 2.75) is 103 Å². The van der Waals surface area contributed by atoms with Crippen LogP contribution in [0.4, 0.5) is 0 Å². The maximum absolute atomic E-state index is 11.9. The summed E-state index contributed by atoms with van der Waals surface area (Å²) in [7, 11) is 0. The maximum Gasteiger partial charge on any atom is 0.373 e. The molecule has 10 heteroatoms. The van der Waals surface area contributed by atoms with Gasteiger partial charge in [-0.15, -0.1) is 23.5 Å². The molecule has 1 rings (SSSR count). The first-order valence-corrected chi connectivity index (χ1v) is 13.7. The van der Waals surface area contributed by atoms with Crippen LogP contribution in [-0.2, 0) is 33.6 Å². The Balaban J connectivity index is 0. The third kappa shape index (κ3) is 15.8. The predicted molar refractivity (Wildman–Crippen MR) is 139 cm³/mol. The zero-order valence-corrected chi connectivity index (χ0v) is 24.0. The molecule has 0 saturated carbocycles. The van der Waals surface area contributed by atoms with Gasteiger partial charge in [0.1, 0.15) is 11.6 Å². The molecule has 2 unspecified atom stereocenters. The number of hydrogen-bond donors (Lipinski definition) is 0. The van der Waals surface area contributed by atoms with Crippen molar-refractivity contribution in [1.82, 2.24) is 4.90 Å². The highest BCUT2D eigenvalue weighted by Gasteiger charge is 2.40. The van der Waals surface area contributed by atoms with Crippen LogP contribution in [0.15, 0.2) is 0 Å². The van der Waals surface area contributed by atoms with Gasteiger partial charge in [0.15, 0.2) is 5.78 Å². The topological polar surface area (TPSA) is 123 Å². The molecule has 0 aliphatic carbocycles. The molecule has 1 heterocycles. The van der Waals surface area contributed by atoms with Crippen LogP contribution >= 0.6 is 23.5 Å². The van der Waals surface area contributed by atoms with Crippen molar-refractivity contribution < 1.29 is 33.6 Å². The quantitative estimate of drug-likeness (QED) is 0.344. The molecule has 0 bridgehead atoms. The van der Waals surface area contributed by atoms with Gasteiger partial charge >= 0.3 is 6.15 Å². The Morgan fingerprint density at radius 3 is 1.69 bits per heavy atom. The van der Waals surface area contributed by atoms with Crippen LogP contribution in [0.3, 0.4) is 0 Å². The molecule has 35 heavy (non-hydrogen) atoms. The van der Waals surface area contributed by atoms with Gasteiger partial charge in [0.2, 0.25) is 11.8 Å². The number of carbonyl (C=O) groups is 5. The SMILES string of the molecule is CC(C)SC(C)C(=O)CCC(=O)C(C)C.CC(C)SC1CC(=O)N(CC(=O)C(C)C)C1=O.O=C=O. The third-order valence-corrected chi connectivity index (χ3v) is 7.24. The van der Waals surface area contributed by atoms with E-state index in [4.69, 9.17) is 9.59 Å². The minimum absolute atomic E-state index is 0.0185. The van der Waals surface area contributed by atoms with Crippen molar-refractivity contribution in [2.75, 3.05) is 6.54 Å². The first-order valence-electron chi connectivity index (χ1n) is 11.8. The van der Waals surface area contributed by atoms with Crippen LogP contribution in [0.25, 0.3) is 0 Å². The number of nitrogens with zero attached hydrogens (tertiary/aromatic N) is 1. The van der Waals surface area contributed by atoms with Crippen LogP contribution in [-0.4, -0.2) is 67.8 Å². The first kappa shape index (κ1) is 35.4. The minimum Gasteiger partial charge on any atom is -0.299 e. The second kappa shape index (κ2) is 18.5. The van der Waals surface area contributed by atoms with E-state index in [-0.39, 0.29) is 70.6 Å². The fourth-order valence-corrected chi connectivity index (χ4v) is 5.04. The van der Waals surface area contributed by atoms with Crippen LogP contribution in [0.1, 0.15) is 81.6 Å². The summed E-state index contributed by atoms with van der Waals surface area (Å²) in [6.45, 7) is 17.3. The van der Waals surface area contributed by atoms with Gasteiger partial charge in [-0.1, -0.05) is 55.4 Å². The van der Waals surface area contributed by atoms with E-state index in [0.717, 1.165) is 4.90 Å². The number of ketones is 3. The van der Waals surface area contributed by atoms with Gasteiger partial charge in [0, 0.05) is 31.1 Å². The Morgan fingerprint density at radius 1 is 0.829 bits per heavy atom. The van der Waals surface area contributed by atoms with E-state index in [9.17, 15) is 24.0 Å². The van der Waals surface area contributed by atoms with Gasteiger partial charge in [-0.3, -0.25) is 28.9 Å². The Morgan fingerprint density at radius 2 is 1.29 bits per heavy atom. The molecular weight excluding hydrogens is 490 g/mol. The lowest BCUT2D eigenvalue weighted by molar-refractivity contribution is -0.191. The Bertz CT molecular complexity index is 757. The molecule has 0 N–H and O–H groups in total. The number of hydrogen-bond acceptors (Lipinski definition) is 9.